The van der Waals surface area contributed by atoms with Crippen molar-refractivity contribution in [1.82, 2.24) is 4.98 Å². The van der Waals surface area contributed by atoms with Crippen LogP contribution in [0.1, 0.15) is 5.56 Å². The molecule has 4 rings (SSSR count). The van der Waals surface area contributed by atoms with Crippen LogP contribution < -0.4 is 4.90 Å². The first-order valence-electron chi connectivity index (χ1n) is 6.31. The van der Waals surface area contributed by atoms with Gasteiger partial charge in [-0.15, -0.1) is 0 Å². The van der Waals surface area contributed by atoms with Crippen LogP contribution in [-0.2, 0) is 11.2 Å². The smallest absolute Gasteiger partial charge is 0.236 e. The molecule has 0 spiro atoms. The number of carbonyl (C=O) groups excluding carboxylic acids is 1. The maximum absolute atomic E-state index is 12.2. The summed E-state index contributed by atoms with van der Waals surface area (Å²) in [7, 11) is 0. The Bertz CT molecular complexity index is 788. The number of fused-ring (bicyclic) bond motifs is 2. The zero-order chi connectivity index (χ0) is 12.8. The maximum atomic E-state index is 12.2. The van der Waals surface area contributed by atoms with E-state index in [4.69, 9.17) is 0 Å². The molecule has 3 nitrogen and oxygen atoms in total. The van der Waals surface area contributed by atoms with E-state index >= 15 is 0 Å². The first-order chi connectivity index (χ1) is 9.33. The minimum Gasteiger partial charge on any atom is -0.361 e. The fourth-order valence-corrected chi connectivity index (χ4v) is 2.72. The molecule has 0 unspecified atom stereocenters. The van der Waals surface area contributed by atoms with E-state index in [1.807, 2.05) is 59.6 Å². The topological polar surface area (TPSA) is 36.1 Å². The third kappa shape index (κ3) is 1.48. The van der Waals surface area contributed by atoms with Crippen molar-refractivity contribution < 1.29 is 4.79 Å². The highest BCUT2D eigenvalue weighted by atomic mass is 16.2. The number of carbonyl (C=O) groups is 1. The average molecular weight is 248 g/mol. The summed E-state index contributed by atoms with van der Waals surface area (Å²) in [5.74, 6) is 0.135. The number of H-pyrrole nitrogens is 1. The standard InChI is InChI=1S/C16H12N2O/c19-16-10-12-3-1-2-4-15(12)18(16)13-5-6-14-11(9-13)7-8-17-14/h1-9,17H,10H2. The first kappa shape index (κ1) is 10.4. The molecule has 0 fully saturated rings. The summed E-state index contributed by atoms with van der Waals surface area (Å²) < 4.78 is 0. The van der Waals surface area contributed by atoms with Gasteiger partial charge in [0.1, 0.15) is 0 Å². The highest BCUT2D eigenvalue weighted by Crippen LogP contribution is 2.36. The molecule has 1 aliphatic heterocycles. The highest BCUT2D eigenvalue weighted by Gasteiger charge is 2.27. The molecule has 0 aliphatic carbocycles. The Balaban J connectivity index is 1.89. The number of anilines is 2. The third-order valence-electron chi connectivity index (χ3n) is 3.62. The molecule has 0 saturated heterocycles. The van der Waals surface area contributed by atoms with Gasteiger partial charge in [0.05, 0.1) is 12.1 Å². The number of para-hydroxylation sites is 1. The Morgan fingerprint density at radius 2 is 1.95 bits per heavy atom. The van der Waals surface area contributed by atoms with E-state index in [-0.39, 0.29) is 5.91 Å². The van der Waals surface area contributed by atoms with E-state index in [2.05, 4.69) is 4.98 Å². The van der Waals surface area contributed by atoms with Gasteiger partial charge >= 0.3 is 0 Å². The summed E-state index contributed by atoms with van der Waals surface area (Å²) in [5.41, 5.74) is 4.12. The van der Waals surface area contributed by atoms with Crippen LogP contribution in [0.3, 0.4) is 0 Å². The molecular weight excluding hydrogens is 236 g/mol. The molecule has 92 valence electrons. The van der Waals surface area contributed by atoms with Crippen LogP contribution in [0.5, 0.6) is 0 Å². The van der Waals surface area contributed by atoms with Gasteiger partial charge < -0.3 is 4.98 Å². The molecule has 1 N–H and O–H groups in total. The second-order valence-electron chi connectivity index (χ2n) is 4.78. The number of hydrogen-bond donors (Lipinski definition) is 1. The van der Waals surface area contributed by atoms with Crippen LogP contribution in [0.2, 0.25) is 0 Å². The van der Waals surface area contributed by atoms with Crippen molar-refractivity contribution in [2.75, 3.05) is 4.90 Å². The molecule has 0 radical (unpaired) electrons. The summed E-state index contributed by atoms with van der Waals surface area (Å²) >= 11 is 0. The largest absolute Gasteiger partial charge is 0.361 e. The number of benzene rings is 2. The van der Waals surface area contributed by atoms with Gasteiger partial charge in [0.2, 0.25) is 5.91 Å². The number of nitrogens with one attached hydrogen (secondary N) is 1. The second kappa shape index (κ2) is 3.72. The van der Waals surface area contributed by atoms with E-state index in [1.54, 1.807) is 0 Å². The molecule has 3 aromatic rings. The maximum Gasteiger partial charge on any atom is 0.236 e. The van der Waals surface area contributed by atoms with Gasteiger partial charge in [0.15, 0.2) is 0 Å². The number of nitrogens with zero attached hydrogens (tertiary/aromatic N) is 1. The Morgan fingerprint density at radius 1 is 1.05 bits per heavy atom. The summed E-state index contributed by atoms with van der Waals surface area (Å²) in [5, 5.41) is 1.12. The molecule has 2 aromatic carbocycles. The molecule has 0 saturated carbocycles. The van der Waals surface area contributed by atoms with Gasteiger partial charge in [-0.25, -0.2) is 0 Å². The Labute approximate surface area is 110 Å². The second-order valence-corrected chi connectivity index (χ2v) is 4.78. The Kier molecular flexibility index (Phi) is 2.03. The first-order valence-corrected chi connectivity index (χ1v) is 6.31. The van der Waals surface area contributed by atoms with Crippen molar-refractivity contribution in [2.45, 2.75) is 6.42 Å². The molecule has 0 bridgehead atoms. The predicted octanol–water partition coefficient (Wildman–Crippen LogP) is 3.39. The van der Waals surface area contributed by atoms with Crippen LogP contribution in [0.15, 0.2) is 54.7 Å². The monoisotopic (exact) mass is 248 g/mol. The van der Waals surface area contributed by atoms with Crippen LogP contribution in [0, 0.1) is 0 Å². The third-order valence-corrected chi connectivity index (χ3v) is 3.62. The lowest BCUT2D eigenvalue weighted by Crippen LogP contribution is -2.20. The zero-order valence-electron chi connectivity index (χ0n) is 10.3. The van der Waals surface area contributed by atoms with E-state index in [1.165, 1.54) is 0 Å². The molecule has 0 atom stereocenters. The van der Waals surface area contributed by atoms with Crippen molar-refractivity contribution in [3.63, 3.8) is 0 Å². The van der Waals surface area contributed by atoms with E-state index < -0.39 is 0 Å². The van der Waals surface area contributed by atoms with Gasteiger partial charge in [-0.1, -0.05) is 18.2 Å². The number of aromatic amines is 1. The normalized spacial score (nSPS) is 14.1. The predicted molar refractivity (Wildman–Crippen MR) is 75.6 cm³/mol. The molecule has 1 aromatic heterocycles. The summed E-state index contributed by atoms with van der Waals surface area (Å²) in [6.07, 6.45) is 2.40. The van der Waals surface area contributed by atoms with Gasteiger partial charge in [-0.05, 0) is 35.9 Å². The molecule has 2 heterocycles. The van der Waals surface area contributed by atoms with Crippen molar-refractivity contribution in [1.29, 1.82) is 0 Å². The minimum atomic E-state index is 0.135. The van der Waals surface area contributed by atoms with E-state index in [0.29, 0.717) is 6.42 Å². The van der Waals surface area contributed by atoms with Crippen LogP contribution in [0.25, 0.3) is 10.9 Å². The van der Waals surface area contributed by atoms with Crippen LogP contribution >= 0.6 is 0 Å². The lowest BCUT2D eigenvalue weighted by Gasteiger charge is -2.17. The van der Waals surface area contributed by atoms with Crippen molar-refractivity contribution in [3.8, 4) is 0 Å². The Morgan fingerprint density at radius 3 is 2.89 bits per heavy atom. The van der Waals surface area contributed by atoms with E-state index in [9.17, 15) is 4.79 Å². The van der Waals surface area contributed by atoms with Gasteiger partial charge in [0.25, 0.3) is 0 Å². The van der Waals surface area contributed by atoms with Crippen molar-refractivity contribution >= 4 is 28.2 Å². The lowest BCUT2D eigenvalue weighted by atomic mass is 10.1. The number of amides is 1. The summed E-state index contributed by atoms with van der Waals surface area (Å²) in [4.78, 5) is 17.2. The number of rotatable bonds is 1. The molecular formula is C16H12N2O. The van der Waals surface area contributed by atoms with Gasteiger partial charge in [-0.3, -0.25) is 9.69 Å². The molecule has 1 aliphatic rings. The van der Waals surface area contributed by atoms with Crippen molar-refractivity contribution in [2.24, 2.45) is 0 Å². The SMILES string of the molecule is O=C1Cc2ccccc2N1c1ccc2[nH]ccc2c1. The van der Waals surface area contributed by atoms with Gasteiger partial charge in [-0.2, -0.15) is 0 Å². The zero-order valence-corrected chi connectivity index (χ0v) is 10.3. The number of aromatic nitrogens is 1. The minimum absolute atomic E-state index is 0.135. The average Bonchev–Trinajstić information content (AvgIpc) is 3.00. The molecule has 1 amide bonds. The molecule has 3 heteroatoms. The van der Waals surface area contributed by atoms with Crippen LogP contribution in [0.4, 0.5) is 11.4 Å². The van der Waals surface area contributed by atoms with Gasteiger partial charge in [0, 0.05) is 22.8 Å². The number of hydrogen-bond acceptors (Lipinski definition) is 1. The lowest BCUT2D eigenvalue weighted by molar-refractivity contribution is -0.116. The fraction of sp³-hybridized carbons (Fsp3) is 0.0625. The summed E-state index contributed by atoms with van der Waals surface area (Å²) in [6.45, 7) is 0. The summed E-state index contributed by atoms with van der Waals surface area (Å²) in [6, 6.07) is 16.0. The Hall–Kier alpha value is -2.55. The van der Waals surface area contributed by atoms with Crippen LogP contribution in [-0.4, -0.2) is 10.9 Å². The van der Waals surface area contributed by atoms with Crippen molar-refractivity contribution in [3.05, 3.63) is 60.3 Å². The molecule has 19 heavy (non-hydrogen) atoms. The van der Waals surface area contributed by atoms with E-state index in [0.717, 1.165) is 27.8 Å². The fourth-order valence-electron chi connectivity index (χ4n) is 2.72. The highest BCUT2D eigenvalue weighted by molar-refractivity contribution is 6.08. The quantitative estimate of drug-likeness (QED) is 0.704.